The third-order valence-electron chi connectivity index (χ3n) is 5.40. The van der Waals surface area contributed by atoms with Gasteiger partial charge in [0.1, 0.15) is 0 Å². The Kier molecular flexibility index (Phi) is 6.54. The van der Waals surface area contributed by atoms with Gasteiger partial charge in [0.2, 0.25) is 0 Å². The van der Waals surface area contributed by atoms with Crippen LogP contribution in [0.1, 0.15) is 19.4 Å². The van der Waals surface area contributed by atoms with Gasteiger partial charge in [-0.1, -0.05) is 60.1 Å². The first kappa shape index (κ1) is 21.0. The average molecular weight is 428 g/mol. The highest BCUT2D eigenvalue weighted by molar-refractivity contribution is 6.33. The number of hydrogen-bond donors (Lipinski definition) is 0. The summed E-state index contributed by atoms with van der Waals surface area (Å²) in [6.07, 6.45) is 1.83. The highest BCUT2D eigenvalue weighted by Gasteiger charge is 2.10. The molecule has 0 N–H and O–H groups in total. The van der Waals surface area contributed by atoms with E-state index in [0.717, 1.165) is 35.7 Å². The molecule has 0 amide bonds. The normalized spacial score (nSPS) is 11.2. The maximum atomic E-state index is 6.60. The Balaban J connectivity index is 1.70. The molecule has 0 atom stereocenters. The van der Waals surface area contributed by atoms with Crippen LogP contribution in [0.3, 0.4) is 0 Å². The lowest BCUT2D eigenvalue weighted by Gasteiger charge is -2.22. The van der Waals surface area contributed by atoms with Crippen LogP contribution in [0.25, 0.3) is 10.8 Å². The predicted molar refractivity (Wildman–Crippen MR) is 135 cm³/mol. The van der Waals surface area contributed by atoms with Crippen molar-refractivity contribution in [2.24, 2.45) is 5.10 Å². The molecule has 3 nitrogen and oxygen atoms in total. The molecule has 0 spiro atoms. The van der Waals surface area contributed by atoms with Gasteiger partial charge >= 0.3 is 0 Å². The summed E-state index contributed by atoms with van der Waals surface area (Å²) in [6, 6.07) is 31.0. The quantitative estimate of drug-likeness (QED) is 0.224. The summed E-state index contributed by atoms with van der Waals surface area (Å²) < 4.78 is 0. The Hall–Kier alpha value is -3.30. The fourth-order valence-corrected chi connectivity index (χ4v) is 3.91. The molecule has 0 aliphatic carbocycles. The van der Waals surface area contributed by atoms with Gasteiger partial charge in [-0.25, -0.2) is 5.01 Å². The molecule has 0 fully saturated rings. The van der Waals surface area contributed by atoms with Gasteiger partial charge in [-0.05, 0) is 67.1 Å². The van der Waals surface area contributed by atoms with E-state index in [4.69, 9.17) is 16.7 Å². The minimum atomic E-state index is 0.694. The lowest BCUT2D eigenvalue weighted by molar-refractivity contribution is 0.866. The van der Waals surface area contributed by atoms with Gasteiger partial charge in [0.15, 0.2) is 0 Å². The summed E-state index contributed by atoms with van der Waals surface area (Å²) in [7, 11) is 0. The van der Waals surface area contributed by atoms with Gasteiger partial charge in [0.05, 0.1) is 22.6 Å². The first-order valence-corrected chi connectivity index (χ1v) is 11.0. The number of rotatable bonds is 7. The molecule has 0 unspecified atom stereocenters. The minimum absolute atomic E-state index is 0.694. The average Bonchev–Trinajstić information content (AvgIpc) is 2.82. The third-order valence-corrected chi connectivity index (χ3v) is 5.73. The summed E-state index contributed by atoms with van der Waals surface area (Å²) in [5.74, 6) is 0. The number of halogens is 1. The van der Waals surface area contributed by atoms with E-state index in [1.807, 2.05) is 41.6 Å². The fourth-order valence-electron chi connectivity index (χ4n) is 3.69. The predicted octanol–water partition coefficient (Wildman–Crippen LogP) is 7.51. The van der Waals surface area contributed by atoms with E-state index in [-0.39, 0.29) is 0 Å². The van der Waals surface area contributed by atoms with Crippen LogP contribution >= 0.6 is 11.6 Å². The summed E-state index contributed by atoms with van der Waals surface area (Å²) in [5.41, 5.74) is 4.00. The molecule has 4 heteroatoms. The Bertz CT molecular complexity index is 1180. The van der Waals surface area contributed by atoms with Crippen molar-refractivity contribution in [1.82, 2.24) is 0 Å². The van der Waals surface area contributed by atoms with Crippen molar-refractivity contribution in [1.29, 1.82) is 0 Å². The smallest absolute Gasteiger partial charge is 0.0659 e. The van der Waals surface area contributed by atoms with Crippen LogP contribution in [0, 0.1) is 0 Å². The van der Waals surface area contributed by atoms with Crippen molar-refractivity contribution >= 4 is 45.7 Å². The molecule has 0 saturated heterocycles. The van der Waals surface area contributed by atoms with Gasteiger partial charge in [0, 0.05) is 24.3 Å². The third kappa shape index (κ3) is 4.73. The van der Waals surface area contributed by atoms with Crippen molar-refractivity contribution in [3.63, 3.8) is 0 Å². The number of nitrogens with zero attached hydrogens (tertiary/aromatic N) is 3. The number of benzene rings is 4. The molecule has 156 valence electrons. The zero-order valence-corrected chi connectivity index (χ0v) is 18.6. The van der Waals surface area contributed by atoms with Crippen molar-refractivity contribution in [3.05, 3.63) is 102 Å². The molecular formula is C27H26ClN3. The number of hydrogen-bond acceptors (Lipinski definition) is 3. The first-order valence-electron chi connectivity index (χ1n) is 10.6. The van der Waals surface area contributed by atoms with E-state index < -0.39 is 0 Å². The lowest BCUT2D eigenvalue weighted by Crippen LogP contribution is -2.21. The number of anilines is 3. The van der Waals surface area contributed by atoms with E-state index in [0.29, 0.717) is 5.02 Å². The maximum Gasteiger partial charge on any atom is 0.0659 e. The van der Waals surface area contributed by atoms with Gasteiger partial charge < -0.3 is 4.90 Å². The molecule has 4 aromatic rings. The molecule has 0 aliphatic heterocycles. The fraction of sp³-hybridized carbons (Fsp3) is 0.148. The van der Waals surface area contributed by atoms with Crippen LogP contribution in [0.5, 0.6) is 0 Å². The van der Waals surface area contributed by atoms with E-state index >= 15 is 0 Å². The monoisotopic (exact) mass is 427 g/mol. The zero-order chi connectivity index (χ0) is 21.6. The molecule has 0 aliphatic rings. The van der Waals surface area contributed by atoms with Crippen molar-refractivity contribution < 1.29 is 0 Å². The molecule has 4 aromatic carbocycles. The highest BCUT2D eigenvalue weighted by Crippen LogP contribution is 2.29. The van der Waals surface area contributed by atoms with Crippen molar-refractivity contribution in [2.45, 2.75) is 13.8 Å². The standard InChI is InChI=1S/C27H26ClN3/c1-3-30(4-2)25-16-15-23(27(28)19-25)20-29-31(24-12-6-5-7-13-24)26-17-14-21-10-8-9-11-22(21)18-26/h5-20H,3-4H2,1-2H3. The van der Waals surface area contributed by atoms with E-state index in [9.17, 15) is 0 Å². The Labute approximate surface area is 189 Å². The molecule has 31 heavy (non-hydrogen) atoms. The molecule has 0 heterocycles. The van der Waals surface area contributed by atoms with Crippen molar-refractivity contribution in [2.75, 3.05) is 23.0 Å². The zero-order valence-electron chi connectivity index (χ0n) is 17.9. The number of fused-ring (bicyclic) bond motifs is 1. The highest BCUT2D eigenvalue weighted by atomic mass is 35.5. The number of para-hydroxylation sites is 1. The van der Waals surface area contributed by atoms with Crippen LogP contribution in [0.2, 0.25) is 5.02 Å². The van der Waals surface area contributed by atoms with Crippen LogP contribution in [0.15, 0.2) is 96.1 Å². The van der Waals surface area contributed by atoms with Gasteiger partial charge in [0.25, 0.3) is 0 Å². The lowest BCUT2D eigenvalue weighted by atomic mass is 10.1. The Morgan fingerprint density at radius 3 is 2.10 bits per heavy atom. The van der Waals surface area contributed by atoms with Gasteiger partial charge in [-0.15, -0.1) is 0 Å². The number of hydrazone groups is 1. The maximum absolute atomic E-state index is 6.60. The Morgan fingerprint density at radius 2 is 1.39 bits per heavy atom. The SMILES string of the molecule is CCN(CC)c1ccc(C=NN(c2ccccc2)c2ccc3ccccc3c2)c(Cl)c1. The van der Waals surface area contributed by atoms with Gasteiger partial charge in [-0.2, -0.15) is 5.10 Å². The summed E-state index contributed by atoms with van der Waals surface area (Å²) in [6.45, 7) is 6.19. The second kappa shape index (κ2) is 9.67. The van der Waals surface area contributed by atoms with Crippen LogP contribution in [0.4, 0.5) is 17.1 Å². The van der Waals surface area contributed by atoms with Crippen molar-refractivity contribution in [3.8, 4) is 0 Å². The largest absolute Gasteiger partial charge is 0.372 e. The summed E-state index contributed by atoms with van der Waals surface area (Å²) in [4.78, 5) is 2.28. The summed E-state index contributed by atoms with van der Waals surface area (Å²) >= 11 is 6.60. The van der Waals surface area contributed by atoms with Gasteiger partial charge in [-0.3, -0.25) is 0 Å². The van der Waals surface area contributed by atoms with E-state index in [2.05, 4.69) is 79.4 Å². The van der Waals surface area contributed by atoms with Crippen LogP contribution in [-0.4, -0.2) is 19.3 Å². The molecule has 0 bridgehead atoms. The van der Waals surface area contributed by atoms with Crippen LogP contribution < -0.4 is 9.91 Å². The minimum Gasteiger partial charge on any atom is -0.372 e. The van der Waals surface area contributed by atoms with Crippen LogP contribution in [-0.2, 0) is 0 Å². The topological polar surface area (TPSA) is 18.8 Å². The molecular weight excluding hydrogens is 402 g/mol. The molecule has 0 radical (unpaired) electrons. The molecule has 4 rings (SSSR count). The molecule has 0 saturated carbocycles. The van der Waals surface area contributed by atoms with E-state index in [1.54, 1.807) is 0 Å². The second-order valence-electron chi connectivity index (χ2n) is 7.30. The molecule has 0 aromatic heterocycles. The summed E-state index contributed by atoms with van der Waals surface area (Å²) in [5, 5.41) is 9.85. The first-order chi connectivity index (χ1) is 15.2. The Morgan fingerprint density at radius 1 is 0.710 bits per heavy atom. The second-order valence-corrected chi connectivity index (χ2v) is 7.71. The van der Waals surface area contributed by atoms with E-state index in [1.165, 1.54) is 10.8 Å².